The second kappa shape index (κ2) is 6.91. The topological polar surface area (TPSA) is 104 Å². The van der Waals surface area contributed by atoms with Crippen LogP contribution in [0.3, 0.4) is 0 Å². The quantitative estimate of drug-likeness (QED) is 0.652. The van der Waals surface area contributed by atoms with Crippen molar-refractivity contribution < 1.29 is 14.4 Å². The van der Waals surface area contributed by atoms with Crippen LogP contribution in [0.4, 0.5) is 5.82 Å². The van der Waals surface area contributed by atoms with E-state index in [4.69, 9.17) is 4.98 Å². The SMILES string of the molecule is CNc1nc(-c2ccc3c(c2)CN(C2CCC(=O)NC2=O)C3=O)cc2ncccc12. The molecule has 8 heteroatoms. The van der Waals surface area contributed by atoms with Crippen molar-refractivity contribution in [2.24, 2.45) is 0 Å². The zero-order chi connectivity index (χ0) is 20.8. The van der Waals surface area contributed by atoms with Crippen LogP contribution in [-0.2, 0) is 16.1 Å². The minimum Gasteiger partial charge on any atom is -0.373 e. The molecular weight excluding hydrogens is 382 g/mol. The number of imide groups is 1. The molecule has 30 heavy (non-hydrogen) atoms. The fraction of sp³-hybridized carbons (Fsp3) is 0.227. The van der Waals surface area contributed by atoms with Crippen molar-refractivity contribution in [3.63, 3.8) is 0 Å². The van der Waals surface area contributed by atoms with E-state index in [2.05, 4.69) is 15.6 Å². The summed E-state index contributed by atoms with van der Waals surface area (Å²) in [6.45, 7) is 0.332. The minimum atomic E-state index is -0.620. The maximum Gasteiger partial charge on any atom is 0.255 e. The Bertz CT molecular complexity index is 1220. The molecule has 2 aromatic heterocycles. The van der Waals surface area contributed by atoms with Gasteiger partial charge in [0, 0.05) is 42.7 Å². The van der Waals surface area contributed by atoms with E-state index in [-0.39, 0.29) is 18.2 Å². The third-order valence-corrected chi connectivity index (χ3v) is 5.66. The fourth-order valence-corrected chi connectivity index (χ4v) is 4.15. The van der Waals surface area contributed by atoms with Crippen molar-refractivity contribution in [1.29, 1.82) is 0 Å². The van der Waals surface area contributed by atoms with Gasteiger partial charge in [-0.15, -0.1) is 0 Å². The number of anilines is 1. The molecule has 0 saturated carbocycles. The Balaban J connectivity index is 1.50. The van der Waals surface area contributed by atoms with E-state index >= 15 is 0 Å². The van der Waals surface area contributed by atoms with Crippen LogP contribution in [-0.4, -0.2) is 45.7 Å². The Labute approximate surface area is 172 Å². The number of fused-ring (bicyclic) bond motifs is 2. The Morgan fingerprint density at radius 1 is 1.17 bits per heavy atom. The number of hydrogen-bond donors (Lipinski definition) is 2. The van der Waals surface area contributed by atoms with Gasteiger partial charge < -0.3 is 10.2 Å². The lowest BCUT2D eigenvalue weighted by Gasteiger charge is -2.29. The van der Waals surface area contributed by atoms with Crippen LogP contribution < -0.4 is 10.6 Å². The first kappa shape index (κ1) is 18.2. The summed E-state index contributed by atoms with van der Waals surface area (Å²) >= 11 is 0. The van der Waals surface area contributed by atoms with Crippen molar-refractivity contribution in [1.82, 2.24) is 20.2 Å². The van der Waals surface area contributed by atoms with Crippen LogP contribution in [0.15, 0.2) is 42.6 Å². The molecule has 1 atom stereocenters. The lowest BCUT2D eigenvalue weighted by atomic mass is 10.0. The molecule has 1 aromatic carbocycles. The average molecular weight is 401 g/mol. The summed E-state index contributed by atoms with van der Waals surface area (Å²) in [5.41, 5.74) is 3.87. The lowest BCUT2D eigenvalue weighted by molar-refractivity contribution is -0.136. The first-order valence-corrected chi connectivity index (χ1v) is 9.76. The summed E-state index contributed by atoms with van der Waals surface area (Å²) < 4.78 is 0. The Hall–Kier alpha value is -3.81. The zero-order valence-electron chi connectivity index (χ0n) is 16.3. The first-order chi connectivity index (χ1) is 14.5. The van der Waals surface area contributed by atoms with E-state index in [0.29, 0.717) is 18.5 Å². The largest absolute Gasteiger partial charge is 0.373 e. The van der Waals surface area contributed by atoms with Crippen molar-refractivity contribution in [2.75, 3.05) is 12.4 Å². The van der Waals surface area contributed by atoms with Gasteiger partial charge in [0.25, 0.3) is 5.91 Å². The molecule has 2 N–H and O–H groups in total. The maximum absolute atomic E-state index is 12.9. The number of amides is 3. The summed E-state index contributed by atoms with van der Waals surface area (Å²) in [4.78, 5) is 47.2. The second-order valence-electron chi connectivity index (χ2n) is 7.45. The van der Waals surface area contributed by atoms with Crippen LogP contribution in [0, 0.1) is 0 Å². The number of rotatable bonds is 3. The second-order valence-corrected chi connectivity index (χ2v) is 7.45. The fourth-order valence-electron chi connectivity index (χ4n) is 4.15. The van der Waals surface area contributed by atoms with Gasteiger partial charge >= 0.3 is 0 Å². The van der Waals surface area contributed by atoms with Gasteiger partial charge in [-0.1, -0.05) is 6.07 Å². The molecule has 0 radical (unpaired) electrons. The highest BCUT2D eigenvalue weighted by Crippen LogP contribution is 2.32. The highest BCUT2D eigenvalue weighted by atomic mass is 16.2. The zero-order valence-corrected chi connectivity index (χ0v) is 16.3. The van der Waals surface area contributed by atoms with Crippen molar-refractivity contribution in [3.05, 3.63) is 53.7 Å². The normalized spacial score (nSPS) is 18.5. The van der Waals surface area contributed by atoms with Gasteiger partial charge in [0.15, 0.2) is 0 Å². The number of carbonyl (C=O) groups is 3. The summed E-state index contributed by atoms with van der Waals surface area (Å²) in [6.07, 6.45) is 2.33. The van der Waals surface area contributed by atoms with E-state index in [9.17, 15) is 14.4 Å². The lowest BCUT2D eigenvalue weighted by Crippen LogP contribution is -2.52. The molecule has 0 spiro atoms. The Kier molecular flexibility index (Phi) is 4.20. The van der Waals surface area contributed by atoms with Crippen molar-refractivity contribution >= 4 is 34.4 Å². The molecule has 1 fully saturated rings. The number of carbonyl (C=O) groups excluding carboxylic acids is 3. The van der Waals surface area contributed by atoms with Crippen LogP contribution in [0.25, 0.3) is 22.2 Å². The van der Waals surface area contributed by atoms with Gasteiger partial charge in [-0.2, -0.15) is 0 Å². The molecule has 150 valence electrons. The molecule has 4 heterocycles. The predicted octanol–water partition coefficient (Wildman–Crippen LogP) is 2.10. The van der Waals surface area contributed by atoms with Gasteiger partial charge in [0.05, 0.1) is 11.2 Å². The number of aromatic nitrogens is 2. The maximum atomic E-state index is 12.9. The van der Waals surface area contributed by atoms with Crippen LogP contribution >= 0.6 is 0 Å². The third kappa shape index (κ3) is 2.88. The molecule has 3 aromatic rings. The molecule has 5 rings (SSSR count). The van der Waals surface area contributed by atoms with E-state index in [1.165, 1.54) is 0 Å². The molecule has 0 aliphatic carbocycles. The van der Waals surface area contributed by atoms with Gasteiger partial charge in [-0.05, 0) is 42.3 Å². The molecule has 1 unspecified atom stereocenters. The molecule has 1 saturated heterocycles. The summed E-state index contributed by atoms with van der Waals surface area (Å²) in [5.74, 6) is -0.153. The smallest absolute Gasteiger partial charge is 0.255 e. The van der Waals surface area contributed by atoms with Crippen LogP contribution in [0.5, 0.6) is 0 Å². The highest BCUT2D eigenvalue weighted by molar-refractivity contribution is 6.05. The highest BCUT2D eigenvalue weighted by Gasteiger charge is 2.39. The molecule has 2 aliphatic rings. The number of nitrogens with zero attached hydrogens (tertiary/aromatic N) is 3. The van der Waals surface area contributed by atoms with Gasteiger partial charge in [0.1, 0.15) is 11.9 Å². The molecular formula is C22H19N5O3. The molecule has 2 aliphatic heterocycles. The Morgan fingerprint density at radius 2 is 2.03 bits per heavy atom. The molecule has 3 amide bonds. The molecule has 0 bridgehead atoms. The Morgan fingerprint density at radius 3 is 2.83 bits per heavy atom. The van der Waals surface area contributed by atoms with E-state index in [0.717, 1.165) is 33.5 Å². The average Bonchev–Trinajstić information content (AvgIpc) is 3.08. The van der Waals surface area contributed by atoms with Crippen LogP contribution in [0.2, 0.25) is 0 Å². The number of hydrogen-bond acceptors (Lipinski definition) is 6. The van der Waals surface area contributed by atoms with E-state index < -0.39 is 11.9 Å². The number of pyridine rings is 2. The van der Waals surface area contributed by atoms with Gasteiger partial charge in [0.2, 0.25) is 11.8 Å². The van der Waals surface area contributed by atoms with Crippen LogP contribution in [0.1, 0.15) is 28.8 Å². The van der Waals surface area contributed by atoms with Crippen molar-refractivity contribution in [2.45, 2.75) is 25.4 Å². The molecule has 8 nitrogen and oxygen atoms in total. The monoisotopic (exact) mass is 401 g/mol. The summed E-state index contributed by atoms with van der Waals surface area (Å²) in [6, 6.07) is 10.7. The van der Waals surface area contributed by atoms with Gasteiger partial charge in [-0.25, -0.2) is 4.98 Å². The minimum absolute atomic E-state index is 0.185. The van der Waals surface area contributed by atoms with Crippen molar-refractivity contribution in [3.8, 4) is 11.3 Å². The predicted molar refractivity (Wildman–Crippen MR) is 111 cm³/mol. The first-order valence-electron chi connectivity index (χ1n) is 9.76. The number of benzene rings is 1. The third-order valence-electron chi connectivity index (χ3n) is 5.66. The van der Waals surface area contributed by atoms with E-state index in [1.807, 2.05) is 37.4 Å². The number of piperidine rings is 1. The van der Waals surface area contributed by atoms with E-state index in [1.54, 1.807) is 17.2 Å². The summed E-state index contributed by atoms with van der Waals surface area (Å²) in [7, 11) is 1.82. The standard InChI is InChI=1S/C22H19N5O3/c1-23-20-15-3-2-8-24-17(15)10-16(25-20)12-4-5-14-13(9-12)11-27(22(14)30)18-6-7-19(28)26-21(18)29/h2-5,8-10,18H,6-7,11H2,1H3,(H,23,25)(H,26,28,29). The summed E-state index contributed by atoms with van der Waals surface area (Å²) in [5, 5.41) is 6.37. The number of nitrogens with one attached hydrogen (secondary N) is 2. The van der Waals surface area contributed by atoms with Gasteiger partial charge in [-0.3, -0.25) is 24.7 Å².